The highest BCUT2D eigenvalue weighted by atomic mass is 35.5. The topological polar surface area (TPSA) is 112 Å². The van der Waals surface area contributed by atoms with Crippen LogP contribution in [0, 0.1) is 0 Å². The van der Waals surface area contributed by atoms with E-state index in [9.17, 15) is 14.0 Å². The third-order valence-electron chi connectivity index (χ3n) is 4.53. The van der Waals surface area contributed by atoms with Gasteiger partial charge in [-0.2, -0.15) is 5.10 Å². The van der Waals surface area contributed by atoms with E-state index in [4.69, 9.17) is 5.73 Å². The molecule has 0 amide bonds. The monoisotopic (exact) mass is 444 g/mol. The maximum Gasteiger partial charge on any atom is 0.351 e. The lowest BCUT2D eigenvalue weighted by Gasteiger charge is -2.08. The number of nitrogens with one attached hydrogen (secondary N) is 1. The minimum atomic E-state index is -0.454. The molecule has 4 rings (SSSR count). The van der Waals surface area contributed by atoms with Gasteiger partial charge in [0, 0.05) is 29.1 Å². The number of hydrogen-bond acceptors (Lipinski definition) is 5. The van der Waals surface area contributed by atoms with Crippen LogP contribution >= 0.6 is 12.4 Å². The van der Waals surface area contributed by atoms with Crippen molar-refractivity contribution < 1.29 is 4.39 Å². The first-order chi connectivity index (χ1) is 14.1. The summed E-state index contributed by atoms with van der Waals surface area (Å²) in [5, 5.41) is 4.85. The molecule has 162 valence electrons. The summed E-state index contributed by atoms with van der Waals surface area (Å²) in [5.74, 6) is 0.374. The Morgan fingerprint density at radius 3 is 2.65 bits per heavy atom. The zero-order chi connectivity index (χ0) is 20.4. The van der Waals surface area contributed by atoms with Crippen molar-refractivity contribution >= 4 is 23.3 Å². The van der Waals surface area contributed by atoms with Gasteiger partial charge in [0.15, 0.2) is 0 Å². The number of nitrogens with two attached hydrogens (primary N) is 1. The zero-order valence-electron chi connectivity index (χ0n) is 15.7. The van der Waals surface area contributed by atoms with E-state index in [1.807, 2.05) is 24.3 Å². The highest BCUT2D eigenvalue weighted by Crippen LogP contribution is 2.26. The summed E-state index contributed by atoms with van der Waals surface area (Å²) in [5.41, 5.74) is 7.20. The smallest absolute Gasteiger partial charge is 0.327 e. The molecule has 0 saturated heterocycles. The summed E-state index contributed by atoms with van der Waals surface area (Å²) in [7, 11) is 0. The van der Waals surface area contributed by atoms with E-state index >= 15 is 0 Å². The number of H-pyrrole nitrogens is 1. The van der Waals surface area contributed by atoms with E-state index < -0.39 is 5.69 Å². The molecule has 10 heteroatoms. The summed E-state index contributed by atoms with van der Waals surface area (Å²) >= 11 is 0. The predicted octanol–water partition coefficient (Wildman–Crippen LogP) is 2.81. The molecule has 0 aliphatic heterocycles. The van der Waals surface area contributed by atoms with Gasteiger partial charge in [-0.25, -0.2) is 23.4 Å². The quantitative estimate of drug-likeness (QED) is 0.491. The highest BCUT2D eigenvalue weighted by molar-refractivity contribution is 5.93. The number of hydrogen-bond donors (Lipinski definition) is 2. The van der Waals surface area contributed by atoms with Crippen LogP contribution in [0.1, 0.15) is 7.43 Å². The van der Waals surface area contributed by atoms with Gasteiger partial charge in [0.1, 0.15) is 12.1 Å². The second kappa shape index (κ2) is 9.96. The Labute approximate surface area is 183 Å². The molecule has 8 nitrogen and oxygen atoms in total. The molecule has 3 heterocycles. The molecule has 0 atom stereocenters. The molecule has 0 radical (unpaired) electrons. The second-order valence-corrected chi connectivity index (χ2v) is 6.38. The maximum atomic E-state index is 12.8. The number of aromatic nitrogens is 5. The van der Waals surface area contributed by atoms with Gasteiger partial charge in [-0.3, -0.25) is 4.79 Å². The van der Waals surface area contributed by atoms with Crippen molar-refractivity contribution in [2.75, 3.05) is 6.54 Å². The fourth-order valence-electron chi connectivity index (χ4n) is 3.06. The average Bonchev–Trinajstić information content (AvgIpc) is 3.11. The molecule has 0 unspecified atom stereocenters. The Morgan fingerprint density at radius 1 is 1.13 bits per heavy atom. The van der Waals surface area contributed by atoms with Crippen LogP contribution in [0.4, 0.5) is 4.39 Å². The fraction of sp³-hybridized carbons (Fsp3) is 0.143. The van der Waals surface area contributed by atoms with Gasteiger partial charge in [-0.1, -0.05) is 25.6 Å². The van der Waals surface area contributed by atoms with Gasteiger partial charge in [0.2, 0.25) is 5.56 Å². The van der Waals surface area contributed by atoms with Gasteiger partial charge in [0.25, 0.3) is 0 Å². The number of benzene rings is 1. The molecule has 0 bridgehead atoms. The second-order valence-electron chi connectivity index (χ2n) is 6.38. The summed E-state index contributed by atoms with van der Waals surface area (Å²) in [6, 6.07) is 14.0. The average molecular weight is 445 g/mol. The highest BCUT2D eigenvalue weighted by Gasteiger charge is 2.12. The van der Waals surface area contributed by atoms with Gasteiger partial charge < -0.3 is 10.7 Å². The molecule has 3 N–H and O–H groups in total. The molecular formula is C21H22ClFN6O2. The SMILES string of the molecule is C.Cl.NC/C(=C\F)Cn1ncn(-c2cccc(-c3cccc4[nH]c(=O)ccc34)n2)c1=O. The molecule has 0 aliphatic carbocycles. The Hall–Kier alpha value is -3.56. The van der Waals surface area contributed by atoms with Gasteiger partial charge in [-0.05, 0) is 29.8 Å². The van der Waals surface area contributed by atoms with E-state index in [-0.39, 0.29) is 44.1 Å². The number of rotatable bonds is 5. The lowest BCUT2D eigenvalue weighted by Crippen LogP contribution is -2.26. The summed E-state index contributed by atoms with van der Waals surface area (Å²) in [4.78, 5) is 31.6. The van der Waals surface area contributed by atoms with Crippen molar-refractivity contribution in [2.24, 2.45) is 5.73 Å². The Morgan fingerprint density at radius 2 is 1.90 bits per heavy atom. The van der Waals surface area contributed by atoms with Crippen molar-refractivity contribution in [3.8, 4) is 17.1 Å². The summed E-state index contributed by atoms with van der Waals surface area (Å²) < 4.78 is 15.2. The number of aromatic amines is 1. The molecule has 0 fully saturated rings. The lowest BCUT2D eigenvalue weighted by molar-refractivity contribution is 0.612. The molecule has 0 spiro atoms. The Kier molecular flexibility index (Phi) is 7.62. The Balaban J connectivity index is 0.00000171. The standard InChI is InChI=1S/C20H17FN6O2.CH4.ClH/c21-9-13(10-22)11-27-20(29)26(12-23-27)18-6-2-5-16(24-18)14-3-1-4-17-15(14)7-8-19(28)25-17;;/h1-9,12H,10-11,22H2,(H,25,28);1H4;1H/b13-9+;;. The van der Waals surface area contributed by atoms with E-state index in [0.29, 0.717) is 23.4 Å². The molecule has 31 heavy (non-hydrogen) atoms. The normalized spacial score (nSPS) is 11.1. The number of pyridine rings is 2. The number of fused-ring (bicyclic) bond motifs is 1. The molecule has 0 saturated carbocycles. The largest absolute Gasteiger partial charge is 0.351 e. The third kappa shape index (κ3) is 4.62. The van der Waals surface area contributed by atoms with Crippen molar-refractivity contribution in [1.82, 2.24) is 24.3 Å². The molecule has 4 aromatic rings. The first kappa shape index (κ1) is 23.7. The Bertz CT molecular complexity index is 1340. The van der Waals surface area contributed by atoms with Gasteiger partial charge in [-0.15, -0.1) is 12.4 Å². The van der Waals surface area contributed by atoms with Gasteiger partial charge >= 0.3 is 5.69 Å². The summed E-state index contributed by atoms with van der Waals surface area (Å²) in [6.45, 7) is -0.0398. The predicted molar refractivity (Wildman–Crippen MR) is 121 cm³/mol. The fourth-order valence-corrected chi connectivity index (χ4v) is 3.06. The van der Waals surface area contributed by atoms with Crippen LogP contribution in [0.5, 0.6) is 0 Å². The number of halogens is 2. The van der Waals surface area contributed by atoms with E-state index in [1.54, 1.807) is 18.2 Å². The van der Waals surface area contributed by atoms with Crippen LogP contribution in [-0.4, -0.2) is 30.9 Å². The van der Waals surface area contributed by atoms with Crippen molar-refractivity contribution in [3.63, 3.8) is 0 Å². The van der Waals surface area contributed by atoms with Crippen molar-refractivity contribution in [2.45, 2.75) is 14.0 Å². The summed E-state index contributed by atoms with van der Waals surface area (Å²) in [6.07, 6.45) is 1.72. The van der Waals surface area contributed by atoms with E-state index in [1.165, 1.54) is 17.0 Å². The molecule has 0 aliphatic rings. The van der Waals surface area contributed by atoms with Crippen molar-refractivity contribution in [3.05, 3.63) is 87.6 Å². The van der Waals surface area contributed by atoms with Crippen LogP contribution in [0.25, 0.3) is 28.0 Å². The van der Waals surface area contributed by atoms with Gasteiger partial charge in [0.05, 0.1) is 18.6 Å². The van der Waals surface area contributed by atoms with Crippen LogP contribution in [0.3, 0.4) is 0 Å². The number of nitrogens with zero attached hydrogens (tertiary/aromatic N) is 4. The van der Waals surface area contributed by atoms with Crippen LogP contribution in [-0.2, 0) is 6.54 Å². The van der Waals surface area contributed by atoms with E-state index in [2.05, 4.69) is 15.1 Å². The first-order valence-electron chi connectivity index (χ1n) is 8.83. The molecular weight excluding hydrogens is 423 g/mol. The first-order valence-corrected chi connectivity index (χ1v) is 8.83. The lowest BCUT2D eigenvalue weighted by atomic mass is 10.1. The minimum absolute atomic E-state index is 0. The van der Waals surface area contributed by atoms with Crippen LogP contribution < -0.4 is 17.0 Å². The van der Waals surface area contributed by atoms with Crippen molar-refractivity contribution in [1.29, 1.82) is 0 Å². The maximum absolute atomic E-state index is 12.8. The molecule has 1 aromatic carbocycles. The molecule has 3 aromatic heterocycles. The van der Waals surface area contributed by atoms with Crippen LogP contribution in [0.15, 0.2) is 76.4 Å². The van der Waals surface area contributed by atoms with E-state index in [0.717, 1.165) is 15.6 Å². The van der Waals surface area contributed by atoms with Crippen LogP contribution in [0.2, 0.25) is 0 Å². The third-order valence-corrected chi connectivity index (χ3v) is 4.53. The minimum Gasteiger partial charge on any atom is -0.327 e. The zero-order valence-corrected chi connectivity index (χ0v) is 16.5.